The van der Waals surface area contributed by atoms with Crippen molar-refractivity contribution in [3.8, 4) is 0 Å². The molecule has 25 heavy (non-hydrogen) atoms. The van der Waals surface area contributed by atoms with Crippen molar-refractivity contribution in [2.24, 2.45) is 0 Å². The largest absolute Gasteiger partial charge is 1.20 e. The second-order valence-corrected chi connectivity index (χ2v) is 11.3. The molecule has 0 aliphatic rings. The minimum absolute atomic E-state index is 0.0645. The minimum atomic E-state index is -3.50. The maximum absolute atomic E-state index is 12.0. The Balaban J connectivity index is 5.46. The first kappa shape index (κ1) is 26.0. The van der Waals surface area contributed by atoms with E-state index in [9.17, 15) is 14.4 Å². The van der Waals surface area contributed by atoms with E-state index < -0.39 is 33.1 Å². The highest BCUT2D eigenvalue weighted by atomic mass is 79.9. The van der Waals surface area contributed by atoms with Crippen LogP contribution in [0.15, 0.2) is 26.9 Å². The molecule has 0 amide bonds. The van der Waals surface area contributed by atoms with Crippen molar-refractivity contribution < 1.29 is 25.7 Å². The molecule has 0 fully saturated rings. The predicted octanol–water partition coefficient (Wildman–Crippen LogP) is 5.66. The van der Waals surface area contributed by atoms with Gasteiger partial charge in [-0.2, -0.15) is 0 Å². The first-order chi connectivity index (χ1) is 11.4. The van der Waals surface area contributed by atoms with Crippen LogP contribution in [0.2, 0.25) is 0 Å². The van der Waals surface area contributed by atoms with Crippen LogP contribution in [-0.2, 0) is 25.7 Å². The third kappa shape index (κ3) is 9.69. The molecule has 0 aliphatic carbocycles. The zero-order chi connectivity index (χ0) is 19.9. The maximum Gasteiger partial charge on any atom is 1.20 e. The van der Waals surface area contributed by atoms with Crippen molar-refractivity contribution in [3.05, 3.63) is 26.9 Å². The lowest BCUT2D eigenvalue weighted by Crippen LogP contribution is -2.35. The molecule has 0 aliphatic heterocycles. The van der Waals surface area contributed by atoms with Crippen LogP contribution in [0, 0.1) is 0 Å². The summed E-state index contributed by atoms with van der Waals surface area (Å²) in [5, 5.41) is 0. The van der Waals surface area contributed by atoms with Crippen LogP contribution in [0.25, 0.3) is 0 Å². The maximum atomic E-state index is 12.0. The van der Waals surface area contributed by atoms with Crippen LogP contribution in [0.4, 0.5) is 0 Å². The van der Waals surface area contributed by atoms with E-state index in [1.54, 1.807) is 20.8 Å². The number of halogens is 6. The standard InChI is InChI=1S/3C4H4Br2O2.Al/c3*1-2(5)3(6)4(7)8;/h3*1H3,(H,7,8);/q;;;+3/p-3/b3*3-2+;. The number of allylic oxidation sites excluding steroid dienone is 3. The minimum Gasteiger partial charge on any atom is -0.547 e. The van der Waals surface area contributed by atoms with E-state index in [1.807, 2.05) is 0 Å². The lowest BCUT2D eigenvalue weighted by molar-refractivity contribution is -0.142. The Labute approximate surface area is 199 Å². The fraction of sp³-hybridized carbons (Fsp3) is 0.250. The summed E-state index contributed by atoms with van der Waals surface area (Å²) < 4.78 is 16.7. The van der Waals surface area contributed by atoms with Gasteiger partial charge in [-0.05, 0) is 68.6 Å². The van der Waals surface area contributed by atoms with E-state index in [2.05, 4.69) is 95.6 Å². The second-order valence-electron chi connectivity index (χ2n) is 4.05. The van der Waals surface area contributed by atoms with Crippen LogP contribution in [0.3, 0.4) is 0 Å². The van der Waals surface area contributed by atoms with Crippen molar-refractivity contribution in [1.29, 1.82) is 0 Å². The van der Waals surface area contributed by atoms with Gasteiger partial charge < -0.3 is 11.4 Å². The summed E-state index contributed by atoms with van der Waals surface area (Å²) >= 11 is 14.9. The molecular formula is C12H9AlBr6O6. The summed E-state index contributed by atoms with van der Waals surface area (Å²) in [6.45, 7) is 4.79. The third-order valence-corrected chi connectivity index (χ3v) is 8.82. The monoisotopic (exact) mass is 750 g/mol. The molecule has 0 bridgehead atoms. The van der Waals surface area contributed by atoms with Gasteiger partial charge in [0.05, 0.1) is 0 Å². The van der Waals surface area contributed by atoms with E-state index >= 15 is 0 Å². The molecule has 6 nitrogen and oxygen atoms in total. The zero-order valence-corrected chi connectivity index (χ0v) is 23.5. The lowest BCUT2D eigenvalue weighted by Gasteiger charge is -2.14. The van der Waals surface area contributed by atoms with Crippen molar-refractivity contribution in [3.63, 3.8) is 0 Å². The van der Waals surface area contributed by atoms with Crippen LogP contribution in [0.1, 0.15) is 20.8 Å². The summed E-state index contributed by atoms with van der Waals surface area (Å²) in [5.74, 6) is -2.55. The fourth-order valence-corrected chi connectivity index (χ4v) is 3.22. The topological polar surface area (TPSA) is 78.9 Å². The molecule has 0 heterocycles. The highest BCUT2D eigenvalue weighted by molar-refractivity contribution is 9.15. The van der Waals surface area contributed by atoms with Gasteiger partial charge in [-0.25, -0.2) is 14.4 Å². The Kier molecular flexibility index (Phi) is 13.0. The Morgan fingerprint density at radius 2 is 0.760 bits per heavy atom. The SMILES string of the molecule is C/C(Br)=C(\Br)C(=O)[O][Al]([O]C(=O)/C(Br)=C(/C)Br)[O]C(=O)/C(Br)=C(/C)Br. The predicted molar refractivity (Wildman–Crippen MR) is 116 cm³/mol. The Hall–Kier alpha value is 1.04. The molecular weight excluding hydrogens is 747 g/mol. The molecule has 0 aromatic heterocycles. The number of rotatable bonds is 6. The number of carbonyl (C=O) groups excluding carboxylic acids is 3. The Bertz CT molecular complexity index is 569. The van der Waals surface area contributed by atoms with Gasteiger partial charge >= 0.3 is 33.1 Å². The van der Waals surface area contributed by atoms with Gasteiger partial charge in [0.1, 0.15) is 13.4 Å². The number of hydrogen-bond donors (Lipinski definition) is 0. The average Bonchev–Trinajstić information content (AvgIpc) is 2.51. The van der Waals surface area contributed by atoms with Gasteiger partial charge in [-0.1, -0.05) is 47.8 Å². The van der Waals surface area contributed by atoms with Gasteiger partial charge in [-0.15, -0.1) is 0 Å². The van der Waals surface area contributed by atoms with E-state index in [4.69, 9.17) is 11.4 Å². The molecule has 0 rings (SSSR count). The number of carbonyl (C=O) groups is 3. The van der Waals surface area contributed by atoms with Crippen LogP contribution >= 0.6 is 95.6 Å². The lowest BCUT2D eigenvalue weighted by atomic mass is 10.5. The first-order valence-electron chi connectivity index (χ1n) is 6.07. The Morgan fingerprint density at radius 3 is 0.920 bits per heavy atom. The van der Waals surface area contributed by atoms with Crippen LogP contribution in [0.5, 0.6) is 0 Å². The van der Waals surface area contributed by atoms with Gasteiger partial charge in [0.2, 0.25) is 0 Å². The van der Waals surface area contributed by atoms with Crippen molar-refractivity contribution in [2.75, 3.05) is 0 Å². The van der Waals surface area contributed by atoms with Crippen molar-refractivity contribution in [2.45, 2.75) is 20.8 Å². The summed E-state index contributed by atoms with van der Waals surface area (Å²) in [6, 6.07) is 0. The van der Waals surface area contributed by atoms with E-state index in [0.717, 1.165) is 0 Å². The summed E-state index contributed by atoms with van der Waals surface area (Å²) in [7, 11) is 0. The van der Waals surface area contributed by atoms with E-state index in [-0.39, 0.29) is 13.4 Å². The molecule has 0 aromatic carbocycles. The summed E-state index contributed by atoms with van der Waals surface area (Å²) in [4.78, 5) is 36.0. The molecule has 0 saturated carbocycles. The number of hydrogen-bond acceptors (Lipinski definition) is 6. The summed E-state index contributed by atoms with van der Waals surface area (Å²) in [6.07, 6.45) is 0. The molecule has 0 spiro atoms. The van der Waals surface area contributed by atoms with Gasteiger partial charge in [-0.3, -0.25) is 0 Å². The first-order valence-corrected chi connectivity index (χ1v) is 12.2. The van der Waals surface area contributed by atoms with Crippen molar-refractivity contribution >= 4 is 129 Å². The van der Waals surface area contributed by atoms with E-state index in [1.165, 1.54) is 0 Å². The molecule has 0 unspecified atom stereocenters. The third-order valence-electron chi connectivity index (χ3n) is 2.05. The highest BCUT2D eigenvalue weighted by Gasteiger charge is 2.50. The fourth-order valence-electron chi connectivity index (χ4n) is 0.911. The quantitative estimate of drug-likeness (QED) is 0.257. The Morgan fingerprint density at radius 1 is 0.560 bits per heavy atom. The molecule has 0 aromatic rings. The van der Waals surface area contributed by atoms with Crippen molar-refractivity contribution in [1.82, 2.24) is 0 Å². The van der Waals surface area contributed by atoms with Gasteiger partial charge in [0.15, 0.2) is 0 Å². The van der Waals surface area contributed by atoms with Crippen LogP contribution < -0.4 is 0 Å². The van der Waals surface area contributed by atoms with Gasteiger partial charge in [0, 0.05) is 13.4 Å². The smallest absolute Gasteiger partial charge is 0.547 e. The average molecular weight is 756 g/mol. The molecule has 138 valence electrons. The van der Waals surface area contributed by atoms with Crippen LogP contribution in [-0.4, -0.2) is 33.1 Å². The molecule has 0 N–H and O–H groups in total. The molecule has 0 saturated heterocycles. The normalized spacial score (nSPS) is 13.8. The summed E-state index contributed by atoms with van der Waals surface area (Å²) in [5.41, 5.74) is 0. The van der Waals surface area contributed by atoms with Gasteiger partial charge in [0.25, 0.3) is 0 Å². The van der Waals surface area contributed by atoms with E-state index in [0.29, 0.717) is 13.4 Å². The second kappa shape index (κ2) is 12.5. The zero-order valence-electron chi connectivity index (χ0n) is 12.8. The molecule has 0 radical (unpaired) electrons. The highest BCUT2D eigenvalue weighted by Crippen LogP contribution is 2.23. The molecule has 0 atom stereocenters. The molecule has 13 heteroatoms.